The van der Waals surface area contributed by atoms with E-state index in [9.17, 15) is 0 Å². The molecular formula is C11H17N3. The second-order valence-corrected chi connectivity index (χ2v) is 3.72. The fourth-order valence-corrected chi connectivity index (χ4v) is 1.32. The lowest BCUT2D eigenvalue weighted by Crippen LogP contribution is -2.00. The molecule has 0 aliphatic heterocycles. The predicted octanol–water partition coefficient (Wildman–Crippen LogP) is 2.83. The van der Waals surface area contributed by atoms with Crippen LogP contribution in [0.4, 0.5) is 0 Å². The van der Waals surface area contributed by atoms with Crippen LogP contribution in [0.15, 0.2) is 19.0 Å². The molecule has 0 bridgehead atoms. The van der Waals surface area contributed by atoms with E-state index in [-0.39, 0.29) is 0 Å². The summed E-state index contributed by atoms with van der Waals surface area (Å²) in [6.07, 6.45) is 6.55. The molecule has 0 saturated heterocycles. The van der Waals surface area contributed by atoms with Gasteiger partial charge in [0.25, 0.3) is 0 Å². The molecule has 14 heavy (non-hydrogen) atoms. The number of allylic oxidation sites excluding steroid dienone is 2. The van der Waals surface area contributed by atoms with E-state index in [4.69, 9.17) is 0 Å². The first-order valence-corrected chi connectivity index (χ1v) is 4.86. The predicted molar refractivity (Wildman–Crippen MR) is 59.5 cm³/mol. The van der Waals surface area contributed by atoms with Gasteiger partial charge < -0.3 is 0 Å². The van der Waals surface area contributed by atoms with E-state index >= 15 is 0 Å². The summed E-state index contributed by atoms with van der Waals surface area (Å²) in [7, 11) is 0. The van der Waals surface area contributed by atoms with Crippen LogP contribution in [0.3, 0.4) is 0 Å². The van der Waals surface area contributed by atoms with E-state index in [0.717, 1.165) is 17.9 Å². The van der Waals surface area contributed by atoms with Crippen LogP contribution >= 0.6 is 0 Å². The molecule has 0 atom stereocenters. The molecule has 1 aromatic rings. The van der Waals surface area contributed by atoms with Gasteiger partial charge in [0, 0.05) is 5.70 Å². The van der Waals surface area contributed by atoms with Crippen molar-refractivity contribution in [1.82, 2.24) is 14.8 Å². The first kappa shape index (κ1) is 10.7. The van der Waals surface area contributed by atoms with E-state index in [0.29, 0.717) is 5.92 Å². The van der Waals surface area contributed by atoms with Crippen molar-refractivity contribution >= 4 is 11.8 Å². The summed E-state index contributed by atoms with van der Waals surface area (Å²) < 4.78 is 1.93. The Morgan fingerprint density at radius 3 is 2.93 bits per heavy atom. The Labute approximate surface area is 85.2 Å². The molecule has 0 saturated carbocycles. The molecular weight excluding hydrogens is 174 g/mol. The zero-order valence-corrected chi connectivity index (χ0v) is 9.07. The Balaban J connectivity index is 2.84. The average molecular weight is 191 g/mol. The summed E-state index contributed by atoms with van der Waals surface area (Å²) in [6, 6.07) is 0. The van der Waals surface area contributed by atoms with Crippen LogP contribution in [0.5, 0.6) is 0 Å². The minimum absolute atomic E-state index is 0.600. The molecule has 0 radical (unpaired) electrons. The van der Waals surface area contributed by atoms with Gasteiger partial charge in [-0.1, -0.05) is 26.5 Å². The maximum atomic E-state index is 4.03. The molecule has 0 unspecified atom stereocenters. The lowest BCUT2D eigenvalue weighted by Gasteiger charge is -2.09. The monoisotopic (exact) mass is 191 g/mol. The van der Waals surface area contributed by atoms with Crippen molar-refractivity contribution in [3.05, 3.63) is 24.8 Å². The molecule has 3 heteroatoms. The SMILES string of the molecule is C=C(CC(C)C)n1cnnc1/C=C\C. The second kappa shape index (κ2) is 4.74. The topological polar surface area (TPSA) is 30.7 Å². The van der Waals surface area contributed by atoms with Crippen LogP contribution in [0.2, 0.25) is 0 Å². The molecule has 0 aliphatic rings. The second-order valence-electron chi connectivity index (χ2n) is 3.72. The third-order valence-corrected chi connectivity index (χ3v) is 1.87. The van der Waals surface area contributed by atoms with Crippen molar-refractivity contribution in [2.75, 3.05) is 0 Å². The maximum absolute atomic E-state index is 4.03. The van der Waals surface area contributed by atoms with Crippen LogP contribution in [0.1, 0.15) is 33.0 Å². The van der Waals surface area contributed by atoms with Gasteiger partial charge in [0.15, 0.2) is 5.82 Å². The average Bonchev–Trinajstić information content (AvgIpc) is 2.51. The Bertz CT molecular complexity index is 334. The van der Waals surface area contributed by atoms with Crippen LogP contribution in [0.25, 0.3) is 11.8 Å². The zero-order valence-electron chi connectivity index (χ0n) is 9.07. The minimum atomic E-state index is 0.600. The molecule has 1 rings (SSSR count). The Morgan fingerprint density at radius 2 is 2.36 bits per heavy atom. The summed E-state index contributed by atoms with van der Waals surface area (Å²) in [5.74, 6) is 1.45. The van der Waals surface area contributed by atoms with E-state index < -0.39 is 0 Å². The first-order chi connectivity index (χ1) is 6.65. The lowest BCUT2D eigenvalue weighted by atomic mass is 10.1. The number of hydrogen-bond acceptors (Lipinski definition) is 2. The van der Waals surface area contributed by atoms with E-state index in [1.54, 1.807) is 6.33 Å². The van der Waals surface area contributed by atoms with Crippen LogP contribution in [-0.2, 0) is 0 Å². The Kier molecular flexibility index (Phi) is 3.63. The van der Waals surface area contributed by atoms with Gasteiger partial charge in [0.1, 0.15) is 6.33 Å². The van der Waals surface area contributed by atoms with Crippen LogP contribution < -0.4 is 0 Å². The zero-order chi connectivity index (χ0) is 10.6. The van der Waals surface area contributed by atoms with Crippen molar-refractivity contribution in [1.29, 1.82) is 0 Å². The molecule has 0 spiro atoms. The summed E-state index contributed by atoms with van der Waals surface area (Å²) >= 11 is 0. The Hall–Kier alpha value is -1.38. The fraction of sp³-hybridized carbons (Fsp3) is 0.455. The highest BCUT2D eigenvalue weighted by atomic mass is 15.3. The highest BCUT2D eigenvalue weighted by molar-refractivity contribution is 5.50. The van der Waals surface area contributed by atoms with Gasteiger partial charge in [-0.05, 0) is 25.3 Å². The van der Waals surface area contributed by atoms with Crippen molar-refractivity contribution in [3.63, 3.8) is 0 Å². The molecule has 3 nitrogen and oxygen atoms in total. The summed E-state index contributed by atoms with van der Waals surface area (Å²) in [4.78, 5) is 0. The smallest absolute Gasteiger partial charge is 0.160 e. The van der Waals surface area contributed by atoms with Gasteiger partial charge in [0.2, 0.25) is 0 Å². The Morgan fingerprint density at radius 1 is 1.64 bits per heavy atom. The van der Waals surface area contributed by atoms with Gasteiger partial charge in [-0.3, -0.25) is 4.57 Å². The molecule has 0 amide bonds. The number of hydrogen-bond donors (Lipinski definition) is 0. The quantitative estimate of drug-likeness (QED) is 0.732. The number of rotatable bonds is 4. The highest BCUT2D eigenvalue weighted by Gasteiger charge is 2.05. The van der Waals surface area contributed by atoms with Crippen LogP contribution in [0, 0.1) is 5.92 Å². The van der Waals surface area contributed by atoms with E-state index in [1.807, 2.05) is 23.6 Å². The van der Waals surface area contributed by atoms with E-state index in [2.05, 4.69) is 30.6 Å². The normalized spacial score (nSPS) is 11.4. The van der Waals surface area contributed by atoms with Gasteiger partial charge in [-0.25, -0.2) is 0 Å². The van der Waals surface area contributed by atoms with E-state index in [1.165, 1.54) is 0 Å². The van der Waals surface area contributed by atoms with Gasteiger partial charge in [0.05, 0.1) is 0 Å². The standard InChI is InChI=1S/C11H17N3/c1-5-6-11-13-12-8-14(11)10(4)7-9(2)3/h5-6,8-9H,4,7H2,1-3H3/b6-5-. The van der Waals surface area contributed by atoms with Crippen molar-refractivity contribution < 1.29 is 0 Å². The molecule has 0 aromatic carbocycles. The summed E-state index contributed by atoms with van der Waals surface area (Å²) in [5.41, 5.74) is 1.04. The summed E-state index contributed by atoms with van der Waals surface area (Å²) in [6.45, 7) is 10.3. The fourth-order valence-electron chi connectivity index (χ4n) is 1.32. The number of nitrogens with zero attached hydrogens (tertiary/aromatic N) is 3. The molecule has 0 aliphatic carbocycles. The third kappa shape index (κ3) is 2.55. The maximum Gasteiger partial charge on any atom is 0.160 e. The number of aromatic nitrogens is 3. The molecule has 0 N–H and O–H groups in total. The third-order valence-electron chi connectivity index (χ3n) is 1.87. The van der Waals surface area contributed by atoms with Gasteiger partial charge in [-0.15, -0.1) is 10.2 Å². The largest absolute Gasteiger partial charge is 0.287 e. The van der Waals surface area contributed by atoms with Gasteiger partial charge in [-0.2, -0.15) is 0 Å². The molecule has 0 fully saturated rings. The summed E-state index contributed by atoms with van der Waals surface area (Å²) in [5, 5.41) is 7.87. The van der Waals surface area contributed by atoms with Crippen molar-refractivity contribution in [2.45, 2.75) is 27.2 Å². The molecule has 1 heterocycles. The van der Waals surface area contributed by atoms with Crippen LogP contribution in [-0.4, -0.2) is 14.8 Å². The highest BCUT2D eigenvalue weighted by Crippen LogP contribution is 2.15. The minimum Gasteiger partial charge on any atom is -0.287 e. The van der Waals surface area contributed by atoms with Crippen molar-refractivity contribution in [2.24, 2.45) is 5.92 Å². The molecule has 76 valence electrons. The van der Waals surface area contributed by atoms with Crippen molar-refractivity contribution in [3.8, 4) is 0 Å². The molecule has 1 aromatic heterocycles. The lowest BCUT2D eigenvalue weighted by molar-refractivity contribution is 0.657. The van der Waals surface area contributed by atoms with Gasteiger partial charge >= 0.3 is 0 Å². The first-order valence-electron chi connectivity index (χ1n) is 4.86.